The number of carbonyl (C=O) groups is 1. The highest BCUT2D eigenvalue weighted by atomic mass is 19.1. The fourth-order valence-electron chi connectivity index (χ4n) is 4.55. The van der Waals surface area contributed by atoms with E-state index < -0.39 is 5.82 Å². The van der Waals surface area contributed by atoms with Crippen LogP contribution in [-0.2, 0) is 11.2 Å². The number of rotatable bonds is 7. The maximum Gasteiger partial charge on any atom is 0.255 e. The van der Waals surface area contributed by atoms with Crippen LogP contribution in [-0.4, -0.2) is 48.3 Å². The summed E-state index contributed by atoms with van der Waals surface area (Å²) < 4.78 is 31.5. The van der Waals surface area contributed by atoms with Gasteiger partial charge in [0.25, 0.3) is 5.91 Å². The Bertz CT molecular complexity index is 1210. The zero-order valence-corrected chi connectivity index (χ0v) is 19.1. The molecular formula is C25H27FN4O4. The number of amides is 1. The van der Waals surface area contributed by atoms with Crippen molar-refractivity contribution < 1.29 is 23.4 Å². The Hall–Kier alpha value is -3.59. The number of halogens is 1. The fraction of sp³-hybridized carbons (Fsp3) is 0.360. The number of nitrogens with one attached hydrogen (secondary N) is 3. The molecule has 34 heavy (non-hydrogen) atoms. The van der Waals surface area contributed by atoms with E-state index in [-0.39, 0.29) is 23.8 Å². The van der Waals surface area contributed by atoms with Gasteiger partial charge >= 0.3 is 0 Å². The van der Waals surface area contributed by atoms with Gasteiger partial charge in [-0.25, -0.2) is 4.39 Å². The van der Waals surface area contributed by atoms with E-state index in [1.165, 1.54) is 13.2 Å². The number of anilines is 2. The molecule has 0 aliphatic carbocycles. The number of aromatic amines is 1. The van der Waals surface area contributed by atoms with Crippen molar-refractivity contribution in [3.05, 3.63) is 53.7 Å². The first kappa shape index (κ1) is 22.2. The van der Waals surface area contributed by atoms with Crippen LogP contribution < -0.4 is 20.1 Å². The van der Waals surface area contributed by atoms with Crippen LogP contribution in [0.4, 0.5) is 15.8 Å². The molecule has 0 saturated carbocycles. The highest BCUT2D eigenvalue weighted by Gasteiger charge is 2.31. The van der Waals surface area contributed by atoms with Gasteiger partial charge in [0.15, 0.2) is 11.6 Å². The quantitative estimate of drug-likeness (QED) is 0.483. The molecule has 1 fully saturated rings. The third-order valence-corrected chi connectivity index (χ3v) is 6.13. The highest BCUT2D eigenvalue weighted by Crippen LogP contribution is 2.42. The number of H-pyrrole nitrogens is 1. The second kappa shape index (κ2) is 9.34. The molecule has 1 unspecified atom stereocenters. The first-order valence-corrected chi connectivity index (χ1v) is 11.4. The molecule has 8 nitrogen and oxygen atoms in total. The van der Waals surface area contributed by atoms with Crippen molar-refractivity contribution in [3.63, 3.8) is 0 Å². The van der Waals surface area contributed by atoms with E-state index in [4.69, 9.17) is 14.2 Å². The molecule has 0 radical (unpaired) electrons. The monoisotopic (exact) mass is 466 g/mol. The van der Waals surface area contributed by atoms with Gasteiger partial charge in [-0.3, -0.25) is 9.78 Å². The van der Waals surface area contributed by atoms with Crippen LogP contribution in [0, 0.1) is 5.82 Å². The van der Waals surface area contributed by atoms with Gasteiger partial charge in [-0.05, 0) is 38.0 Å². The first-order chi connectivity index (χ1) is 16.5. The number of carbonyl (C=O) groups excluding carboxylic acids is 1. The van der Waals surface area contributed by atoms with Crippen LogP contribution >= 0.6 is 0 Å². The summed E-state index contributed by atoms with van der Waals surface area (Å²) in [5, 5.41) is 6.23. The third kappa shape index (κ3) is 4.19. The predicted molar refractivity (Wildman–Crippen MR) is 125 cm³/mol. The summed E-state index contributed by atoms with van der Waals surface area (Å²) in [5.41, 5.74) is 3.61. The molecule has 0 bridgehead atoms. The maximum atomic E-state index is 14.4. The zero-order chi connectivity index (χ0) is 23.7. The minimum Gasteiger partial charge on any atom is -0.492 e. The van der Waals surface area contributed by atoms with Crippen molar-refractivity contribution in [2.24, 2.45) is 0 Å². The number of aromatic nitrogens is 2. The minimum atomic E-state index is -0.499. The molecule has 2 aliphatic rings. The molecule has 1 aromatic carbocycles. The molecule has 1 amide bonds. The molecule has 2 aliphatic heterocycles. The van der Waals surface area contributed by atoms with E-state index in [9.17, 15) is 9.18 Å². The molecule has 0 spiro atoms. The number of methoxy groups -OCH3 is 1. The van der Waals surface area contributed by atoms with Crippen LogP contribution in [0.5, 0.6) is 11.5 Å². The van der Waals surface area contributed by atoms with E-state index >= 15 is 0 Å². The number of hydrogen-bond donors (Lipinski definition) is 3. The van der Waals surface area contributed by atoms with Crippen molar-refractivity contribution in [2.45, 2.75) is 38.3 Å². The largest absolute Gasteiger partial charge is 0.492 e. The fourth-order valence-corrected chi connectivity index (χ4v) is 4.55. The van der Waals surface area contributed by atoms with Gasteiger partial charge < -0.3 is 29.8 Å². The molecule has 2 atom stereocenters. The van der Waals surface area contributed by atoms with Crippen LogP contribution in [0.25, 0.3) is 11.3 Å². The number of benzene rings is 1. The van der Waals surface area contributed by atoms with E-state index in [0.717, 1.165) is 30.7 Å². The summed E-state index contributed by atoms with van der Waals surface area (Å²) >= 11 is 0. The molecule has 1 saturated heterocycles. The molecule has 2 aromatic heterocycles. The second-order valence-electron chi connectivity index (χ2n) is 8.57. The minimum absolute atomic E-state index is 0.0178. The summed E-state index contributed by atoms with van der Waals surface area (Å²) in [7, 11) is 1.41. The lowest BCUT2D eigenvalue weighted by Crippen LogP contribution is -2.39. The van der Waals surface area contributed by atoms with E-state index in [1.54, 1.807) is 24.5 Å². The van der Waals surface area contributed by atoms with E-state index in [0.29, 0.717) is 41.4 Å². The van der Waals surface area contributed by atoms with Crippen molar-refractivity contribution >= 4 is 17.3 Å². The molecule has 4 heterocycles. The molecule has 178 valence electrons. The van der Waals surface area contributed by atoms with Crippen molar-refractivity contribution in [2.75, 3.05) is 25.6 Å². The highest BCUT2D eigenvalue weighted by molar-refractivity contribution is 6.06. The third-order valence-electron chi connectivity index (χ3n) is 6.13. The van der Waals surface area contributed by atoms with Gasteiger partial charge in [0, 0.05) is 36.5 Å². The standard InChI is InChI=1S/C25H27FN4O4/c1-14-11-19-21(25(31)28-14)23(29-18-7-3-6-17(26)24(18)32-2)22(30-19)16-8-9-27-12-20(16)34-13-15-5-4-10-33-15/h3,6-9,12,14-15,29-30H,4-5,10-11,13H2,1-2H3,(H,28,31)/t14?,15-/m0/s1. The predicted octanol–water partition coefficient (Wildman–Crippen LogP) is 4.20. The summed E-state index contributed by atoms with van der Waals surface area (Å²) in [5.74, 6) is -0.0668. The summed E-state index contributed by atoms with van der Waals surface area (Å²) in [6.45, 7) is 3.11. The lowest BCUT2D eigenvalue weighted by molar-refractivity contribution is 0.0680. The van der Waals surface area contributed by atoms with Gasteiger partial charge in [0.1, 0.15) is 12.4 Å². The number of nitrogens with zero attached hydrogens (tertiary/aromatic N) is 1. The molecule has 3 aromatic rings. The van der Waals surface area contributed by atoms with Crippen molar-refractivity contribution in [3.8, 4) is 22.8 Å². The lowest BCUT2D eigenvalue weighted by Gasteiger charge is -2.21. The Balaban J connectivity index is 1.59. The first-order valence-electron chi connectivity index (χ1n) is 11.4. The van der Waals surface area contributed by atoms with Gasteiger partial charge in [-0.2, -0.15) is 0 Å². The lowest BCUT2D eigenvalue weighted by atomic mass is 10.0. The number of pyridine rings is 1. The Morgan fingerprint density at radius 2 is 2.21 bits per heavy atom. The topological polar surface area (TPSA) is 97.5 Å². The average Bonchev–Trinajstić information content (AvgIpc) is 3.46. The van der Waals surface area contributed by atoms with Crippen LogP contribution in [0.15, 0.2) is 36.7 Å². The molecule has 5 rings (SSSR count). The summed E-state index contributed by atoms with van der Waals surface area (Å²) in [6, 6.07) is 6.43. The number of hydrogen-bond acceptors (Lipinski definition) is 6. The number of ether oxygens (including phenoxy) is 3. The van der Waals surface area contributed by atoms with E-state index in [2.05, 4.69) is 20.6 Å². The van der Waals surface area contributed by atoms with Gasteiger partial charge in [0.2, 0.25) is 0 Å². The van der Waals surface area contributed by atoms with Gasteiger partial charge in [-0.1, -0.05) is 6.07 Å². The van der Waals surface area contributed by atoms with E-state index in [1.807, 2.05) is 13.0 Å². The molecular weight excluding hydrogens is 439 g/mol. The second-order valence-corrected chi connectivity index (χ2v) is 8.57. The summed E-state index contributed by atoms with van der Waals surface area (Å²) in [6.07, 6.45) is 5.98. The molecule has 9 heteroatoms. The van der Waals surface area contributed by atoms with Gasteiger partial charge in [-0.15, -0.1) is 0 Å². The maximum absolute atomic E-state index is 14.4. The average molecular weight is 467 g/mol. The Morgan fingerprint density at radius 1 is 1.32 bits per heavy atom. The molecule has 3 N–H and O–H groups in total. The van der Waals surface area contributed by atoms with Crippen LogP contribution in [0.2, 0.25) is 0 Å². The Labute approximate surface area is 196 Å². The van der Waals surface area contributed by atoms with Crippen LogP contribution in [0.3, 0.4) is 0 Å². The van der Waals surface area contributed by atoms with Crippen LogP contribution in [0.1, 0.15) is 35.8 Å². The normalized spacial score (nSPS) is 19.4. The summed E-state index contributed by atoms with van der Waals surface area (Å²) in [4.78, 5) is 20.7. The van der Waals surface area contributed by atoms with Gasteiger partial charge in [0.05, 0.1) is 42.0 Å². The number of para-hydroxylation sites is 1. The Morgan fingerprint density at radius 3 is 3.00 bits per heavy atom. The van der Waals surface area contributed by atoms with Crippen molar-refractivity contribution in [1.82, 2.24) is 15.3 Å². The number of fused-ring (bicyclic) bond motifs is 1. The smallest absolute Gasteiger partial charge is 0.255 e. The SMILES string of the molecule is COc1c(F)cccc1Nc1c(-c2ccncc2OC[C@@H]2CCCO2)[nH]c2c1C(=O)NC(C)C2. The zero-order valence-electron chi connectivity index (χ0n) is 19.1. The Kier molecular flexibility index (Phi) is 6.10. The van der Waals surface area contributed by atoms with Crippen molar-refractivity contribution in [1.29, 1.82) is 0 Å².